The van der Waals surface area contributed by atoms with Crippen LogP contribution >= 0.6 is 11.8 Å². The summed E-state index contributed by atoms with van der Waals surface area (Å²) in [5.74, 6) is 0.282. The highest BCUT2D eigenvalue weighted by atomic mass is 32.2. The van der Waals surface area contributed by atoms with Crippen molar-refractivity contribution in [3.05, 3.63) is 24.3 Å². The van der Waals surface area contributed by atoms with Gasteiger partial charge in [-0.05, 0) is 44.4 Å². The Labute approximate surface area is 131 Å². The van der Waals surface area contributed by atoms with E-state index < -0.39 is 0 Å². The average Bonchev–Trinajstić information content (AvgIpc) is 3.03. The molecule has 1 aliphatic carbocycles. The molecule has 1 aromatic rings. The highest BCUT2D eigenvalue weighted by Crippen LogP contribution is 2.38. The lowest BCUT2D eigenvalue weighted by atomic mass is 9.99. The van der Waals surface area contributed by atoms with E-state index in [4.69, 9.17) is 0 Å². The summed E-state index contributed by atoms with van der Waals surface area (Å²) in [5, 5.41) is 7.18. The molecular formula is C17H24N2OS. The minimum atomic E-state index is 0.114. The fourth-order valence-corrected chi connectivity index (χ4v) is 4.50. The van der Waals surface area contributed by atoms with E-state index in [-0.39, 0.29) is 11.8 Å². The lowest BCUT2D eigenvalue weighted by molar-refractivity contribution is -0.120. The molecule has 1 saturated carbocycles. The van der Waals surface area contributed by atoms with Crippen LogP contribution in [0, 0.1) is 5.92 Å². The van der Waals surface area contributed by atoms with Crippen LogP contribution in [0.15, 0.2) is 29.2 Å². The van der Waals surface area contributed by atoms with Crippen molar-refractivity contribution in [2.45, 2.75) is 48.7 Å². The molecule has 4 heteroatoms. The van der Waals surface area contributed by atoms with Gasteiger partial charge in [-0.25, -0.2) is 0 Å². The van der Waals surface area contributed by atoms with Crippen molar-refractivity contribution in [1.82, 2.24) is 5.32 Å². The normalized spacial score (nSPS) is 23.1. The first kappa shape index (κ1) is 14.9. The maximum atomic E-state index is 12.4. The number of carbonyl (C=O) groups is 1. The molecular weight excluding hydrogens is 280 g/mol. The molecule has 3 rings (SSSR count). The third kappa shape index (κ3) is 4.01. The number of nitrogens with one attached hydrogen (secondary N) is 2. The van der Waals surface area contributed by atoms with Gasteiger partial charge in [0.25, 0.3) is 0 Å². The predicted octanol–water partition coefficient (Wildman–Crippen LogP) is 3.66. The minimum Gasteiger partial charge on any atom is -0.325 e. The van der Waals surface area contributed by atoms with Gasteiger partial charge in [-0.15, -0.1) is 11.8 Å². The molecule has 2 aliphatic rings. The number of hydrogen-bond donors (Lipinski definition) is 2. The Bertz CT molecular complexity index is 479. The molecule has 2 fully saturated rings. The standard InChI is InChI=1S/C17H24N2OS/c20-17(13-6-5-11-18-12-13)19-15-9-3-4-10-16(15)21-14-7-1-2-8-14/h3-4,9-10,13-14,18H,1-2,5-8,11-12H2,(H,19,20)/t13-/m1/s1. The Morgan fingerprint density at radius 1 is 1.14 bits per heavy atom. The molecule has 1 aliphatic heterocycles. The smallest absolute Gasteiger partial charge is 0.228 e. The molecule has 21 heavy (non-hydrogen) atoms. The number of rotatable bonds is 4. The monoisotopic (exact) mass is 304 g/mol. The Morgan fingerprint density at radius 2 is 1.95 bits per heavy atom. The van der Waals surface area contributed by atoms with Crippen LogP contribution in [0.3, 0.4) is 0 Å². The zero-order chi connectivity index (χ0) is 14.5. The molecule has 1 atom stereocenters. The fraction of sp³-hybridized carbons (Fsp3) is 0.588. The Hall–Kier alpha value is -1.00. The predicted molar refractivity (Wildman–Crippen MR) is 88.8 cm³/mol. The van der Waals surface area contributed by atoms with Crippen molar-refractivity contribution < 1.29 is 4.79 Å². The van der Waals surface area contributed by atoms with Crippen LogP contribution in [0.1, 0.15) is 38.5 Å². The van der Waals surface area contributed by atoms with E-state index in [0.29, 0.717) is 0 Å². The summed E-state index contributed by atoms with van der Waals surface area (Å²) in [5.41, 5.74) is 0.991. The van der Waals surface area contributed by atoms with E-state index in [1.165, 1.54) is 30.6 Å². The Kier molecular flexibility index (Phi) is 5.20. The maximum absolute atomic E-state index is 12.4. The van der Waals surface area contributed by atoms with E-state index in [1.807, 2.05) is 23.9 Å². The quantitative estimate of drug-likeness (QED) is 0.892. The van der Waals surface area contributed by atoms with Gasteiger partial charge in [0, 0.05) is 16.7 Å². The largest absolute Gasteiger partial charge is 0.325 e. The molecule has 0 aromatic heterocycles. The second-order valence-corrected chi connectivity index (χ2v) is 7.40. The second kappa shape index (κ2) is 7.32. The number of hydrogen-bond acceptors (Lipinski definition) is 3. The van der Waals surface area contributed by atoms with E-state index in [1.54, 1.807) is 0 Å². The molecule has 0 bridgehead atoms. The summed E-state index contributed by atoms with van der Waals surface area (Å²) in [6, 6.07) is 8.24. The summed E-state index contributed by atoms with van der Waals surface area (Å²) in [6.45, 7) is 1.85. The van der Waals surface area contributed by atoms with Gasteiger partial charge >= 0.3 is 0 Å². The van der Waals surface area contributed by atoms with Crippen LogP contribution in [-0.2, 0) is 4.79 Å². The summed E-state index contributed by atoms with van der Waals surface area (Å²) >= 11 is 1.94. The topological polar surface area (TPSA) is 41.1 Å². The maximum Gasteiger partial charge on any atom is 0.228 e. The molecule has 1 aromatic carbocycles. The van der Waals surface area contributed by atoms with Crippen molar-refractivity contribution in [2.24, 2.45) is 5.92 Å². The summed E-state index contributed by atoms with van der Waals surface area (Å²) in [7, 11) is 0. The van der Waals surface area contributed by atoms with Crippen LogP contribution in [0.25, 0.3) is 0 Å². The number of thioether (sulfide) groups is 1. The third-order valence-electron chi connectivity index (χ3n) is 4.41. The average molecular weight is 304 g/mol. The highest BCUT2D eigenvalue weighted by Gasteiger charge is 2.22. The molecule has 0 spiro atoms. The number of amides is 1. The molecule has 114 valence electrons. The van der Waals surface area contributed by atoms with Crippen molar-refractivity contribution in [2.75, 3.05) is 18.4 Å². The number of anilines is 1. The molecule has 1 amide bonds. The lowest BCUT2D eigenvalue weighted by Crippen LogP contribution is -2.37. The molecule has 0 unspecified atom stereocenters. The zero-order valence-electron chi connectivity index (χ0n) is 12.4. The van der Waals surface area contributed by atoms with E-state index >= 15 is 0 Å². The van der Waals surface area contributed by atoms with Gasteiger partial charge in [0.05, 0.1) is 11.6 Å². The van der Waals surface area contributed by atoms with Gasteiger partial charge in [0.15, 0.2) is 0 Å². The number of para-hydroxylation sites is 1. The van der Waals surface area contributed by atoms with Crippen molar-refractivity contribution in [1.29, 1.82) is 0 Å². The van der Waals surface area contributed by atoms with Crippen molar-refractivity contribution in [3.63, 3.8) is 0 Å². The van der Waals surface area contributed by atoms with Gasteiger partial charge < -0.3 is 10.6 Å². The van der Waals surface area contributed by atoms with Gasteiger partial charge in [0.2, 0.25) is 5.91 Å². The van der Waals surface area contributed by atoms with E-state index in [2.05, 4.69) is 22.8 Å². The summed E-state index contributed by atoms with van der Waals surface area (Å²) in [6.07, 6.45) is 7.40. The first-order chi connectivity index (χ1) is 10.3. The lowest BCUT2D eigenvalue weighted by Gasteiger charge is -2.22. The van der Waals surface area contributed by atoms with Crippen molar-refractivity contribution >= 4 is 23.4 Å². The summed E-state index contributed by atoms with van der Waals surface area (Å²) in [4.78, 5) is 13.6. The first-order valence-electron chi connectivity index (χ1n) is 8.10. The number of piperidine rings is 1. The van der Waals surface area contributed by atoms with Crippen molar-refractivity contribution in [3.8, 4) is 0 Å². The second-order valence-electron chi connectivity index (χ2n) is 6.05. The van der Waals surface area contributed by atoms with Crippen LogP contribution in [0.2, 0.25) is 0 Å². The van der Waals surface area contributed by atoms with Gasteiger partial charge in [0.1, 0.15) is 0 Å². The highest BCUT2D eigenvalue weighted by molar-refractivity contribution is 8.00. The van der Waals surface area contributed by atoms with Gasteiger partial charge in [-0.2, -0.15) is 0 Å². The fourth-order valence-electron chi connectivity index (χ4n) is 3.17. The van der Waals surface area contributed by atoms with E-state index in [0.717, 1.165) is 36.9 Å². The summed E-state index contributed by atoms with van der Waals surface area (Å²) < 4.78 is 0. The number of benzene rings is 1. The van der Waals surface area contributed by atoms with Crippen LogP contribution in [0.5, 0.6) is 0 Å². The molecule has 3 nitrogen and oxygen atoms in total. The SMILES string of the molecule is O=C(Nc1ccccc1SC1CCCC1)[C@@H]1CCCNC1. The van der Waals surface area contributed by atoms with Crippen LogP contribution in [0.4, 0.5) is 5.69 Å². The van der Waals surface area contributed by atoms with Gasteiger partial charge in [-0.3, -0.25) is 4.79 Å². The zero-order valence-corrected chi connectivity index (χ0v) is 13.3. The first-order valence-corrected chi connectivity index (χ1v) is 8.98. The van der Waals surface area contributed by atoms with Crippen LogP contribution in [-0.4, -0.2) is 24.2 Å². The molecule has 0 radical (unpaired) electrons. The Balaban J connectivity index is 1.65. The molecule has 2 N–H and O–H groups in total. The third-order valence-corrected chi connectivity index (χ3v) is 5.82. The van der Waals surface area contributed by atoms with Crippen LogP contribution < -0.4 is 10.6 Å². The molecule has 1 saturated heterocycles. The minimum absolute atomic E-state index is 0.114. The number of carbonyl (C=O) groups excluding carboxylic acids is 1. The van der Waals surface area contributed by atoms with E-state index in [9.17, 15) is 4.79 Å². The Morgan fingerprint density at radius 3 is 2.71 bits per heavy atom. The van der Waals surface area contributed by atoms with Gasteiger partial charge in [-0.1, -0.05) is 25.0 Å². The molecule has 1 heterocycles.